The number of H-pyrrole nitrogens is 1. The van der Waals surface area contributed by atoms with E-state index in [1.165, 1.54) is 0 Å². The second-order valence-electron chi connectivity index (χ2n) is 8.52. The van der Waals surface area contributed by atoms with Crippen LogP contribution in [0.5, 0.6) is 0 Å². The van der Waals surface area contributed by atoms with Crippen LogP contribution >= 0.6 is 0 Å². The first-order chi connectivity index (χ1) is 17.2. The average molecular weight is 464 g/mol. The molecule has 8 heteroatoms. The molecule has 172 valence electrons. The number of quaternary nitrogens is 1. The van der Waals surface area contributed by atoms with E-state index in [1.807, 2.05) is 66.6 Å². The van der Waals surface area contributed by atoms with Crippen molar-refractivity contribution in [2.45, 2.75) is 6.92 Å². The Morgan fingerprint density at radius 2 is 1.94 bits per heavy atom. The van der Waals surface area contributed by atoms with Crippen molar-refractivity contribution in [1.29, 1.82) is 0 Å². The Morgan fingerprint density at radius 1 is 1.11 bits per heavy atom. The van der Waals surface area contributed by atoms with Gasteiger partial charge in [-0.25, -0.2) is 4.98 Å². The molecule has 1 saturated heterocycles. The van der Waals surface area contributed by atoms with Gasteiger partial charge in [-0.2, -0.15) is 4.99 Å². The van der Waals surface area contributed by atoms with Crippen LogP contribution in [-0.4, -0.2) is 58.6 Å². The van der Waals surface area contributed by atoms with Gasteiger partial charge in [-0.3, -0.25) is 4.79 Å². The van der Waals surface area contributed by atoms with Crippen LogP contribution in [-0.2, 0) is 4.74 Å². The molecule has 1 aromatic carbocycles. The first kappa shape index (κ1) is 21.2. The second-order valence-corrected chi connectivity index (χ2v) is 8.52. The molecule has 2 aromatic heterocycles. The largest absolute Gasteiger partial charge is 0.378 e. The molecule has 1 unspecified atom stereocenters. The smallest absolute Gasteiger partial charge is 0.258 e. The Kier molecular flexibility index (Phi) is 5.34. The van der Waals surface area contributed by atoms with E-state index >= 15 is 0 Å². The van der Waals surface area contributed by atoms with Crippen LogP contribution < -0.4 is 5.01 Å². The van der Waals surface area contributed by atoms with Gasteiger partial charge >= 0.3 is 0 Å². The molecule has 0 spiro atoms. The van der Waals surface area contributed by atoms with E-state index in [2.05, 4.69) is 26.8 Å². The number of benzene rings is 1. The highest BCUT2D eigenvalue weighted by atomic mass is 16.5. The normalized spacial score (nSPS) is 18.9. The van der Waals surface area contributed by atoms with E-state index in [9.17, 15) is 4.79 Å². The summed E-state index contributed by atoms with van der Waals surface area (Å²) in [5.74, 6) is 7.37. The van der Waals surface area contributed by atoms with Crippen LogP contribution in [0.3, 0.4) is 0 Å². The maximum absolute atomic E-state index is 12.7. The number of aryl methyl sites for hydroxylation is 1. The Bertz CT molecular complexity index is 1510. The van der Waals surface area contributed by atoms with Crippen LogP contribution in [0.4, 0.5) is 0 Å². The minimum absolute atomic E-state index is 0.0314. The number of nitrogens with zero attached hydrogens (tertiary/aromatic N) is 4. The number of carbonyl (C=O) groups is 1. The minimum Gasteiger partial charge on any atom is -0.378 e. The summed E-state index contributed by atoms with van der Waals surface area (Å²) in [6.45, 7) is 4.38. The highest BCUT2D eigenvalue weighted by molar-refractivity contribution is 6.12. The van der Waals surface area contributed by atoms with Crippen LogP contribution in [0.15, 0.2) is 76.7 Å². The monoisotopic (exact) mass is 463 g/mol. The zero-order valence-electron chi connectivity index (χ0n) is 19.2. The predicted molar refractivity (Wildman–Crippen MR) is 133 cm³/mol. The summed E-state index contributed by atoms with van der Waals surface area (Å²) in [4.78, 5) is 26.7. The van der Waals surface area contributed by atoms with Gasteiger partial charge in [0.05, 0.1) is 13.2 Å². The third-order valence-corrected chi connectivity index (χ3v) is 6.18. The molecule has 0 bridgehead atoms. The molecule has 8 nitrogen and oxygen atoms in total. The zero-order chi connectivity index (χ0) is 23.8. The molecule has 1 amide bonds. The summed E-state index contributed by atoms with van der Waals surface area (Å²) in [6.07, 6.45) is 7.54. The van der Waals surface area contributed by atoms with E-state index in [4.69, 9.17) is 9.84 Å². The van der Waals surface area contributed by atoms with E-state index in [1.54, 1.807) is 6.20 Å². The van der Waals surface area contributed by atoms with Gasteiger partial charge in [0.25, 0.3) is 11.7 Å². The van der Waals surface area contributed by atoms with E-state index in [0.29, 0.717) is 31.9 Å². The Balaban J connectivity index is 1.23. The maximum Gasteiger partial charge on any atom is 0.258 e. The van der Waals surface area contributed by atoms with Gasteiger partial charge in [-0.05, 0) is 37.3 Å². The number of allylic oxidation sites excluding steroid dienone is 2. The fraction of sp³-hybridized carbons (Fsp3) is 0.185. The lowest BCUT2D eigenvalue weighted by Crippen LogP contribution is -3.07. The molecule has 6 rings (SSSR count). The van der Waals surface area contributed by atoms with E-state index in [0.717, 1.165) is 50.1 Å². The van der Waals surface area contributed by atoms with Gasteiger partial charge in [0.2, 0.25) is 5.70 Å². The number of rotatable bonds is 2. The highest BCUT2D eigenvalue weighted by Crippen LogP contribution is 2.16. The van der Waals surface area contributed by atoms with Gasteiger partial charge < -0.3 is 14.6 Å². The first-order valence-corrected chi connectivity index (χ1v) is 11.5. The lowest BCUT2D eigenvalue weighted by atomic mass is 10.1. The van der Waals surface area contributed by atoms with Crippen molar-refractivity contribution in [2.75, 3.05) is 26.3 Å². The molecule has 0 saturated carbocycles. The molecule has 2 N–H and O–H groups in total. The number of amides is 1. The minimum atomic E-state index is 0.0314. The predicted octanol–water partition coefficient (Wildman–Crippen LogP) is 1.81. The molecule has 1 atom stereocenters. The lowest BCUT2D eigenvalue weighted by Gasteiger charge is -2.26. The zero-order valence-corrected chi connectivity index (χ0v) is 19.2. The number of aromatic nitrogens is 2. The molecular weight excluding hydrogens is 440 g/mol. The molecule has 0 aliphatic carbocycles. The van der Waals surface area contributed by atoms with Gasteiger partial charge in [0.1, 0.15) is 17.6 Å². The summed E-state index contributed by atoms with van der Waals surface area (Å²) in [5.41, 5.74) is 5.85. The fourth-order valence-corrected chi connectivity index (χ4v) is 4.34. The first-order valence-electron chi connectivity index (χ1n) is 11.5. The SMILES string of the molecule is Cc1cc(C#CC2=CN=C3C=CC(c4ccc(C(=O)N5CCOCC5)cc4)=N[NH+]23)c2cc[nH]c2n1. The summed E-state index contributed by atoms with van der Waals surface area (Å²) < 4.78 is 5.34. The van der Waals surface area contributed by atoms with Crippen LogP contribution in [0.25, 0.3) is 11.0 Å². The molecule has 0 radical (unpaired) electrons. The Morgan fingerprint density at radius 3 is 2.77 bits per heavy atom. The standard InChI is InChI=1S/C27H22N6O2/c1-18-16-21(23-10-11-28-26(23)30-18)6-7-22-17-29-25-9-8-24(31-33(22)25)19-2-4-20(5-3-19)27(34)32-12-14-35-15-13-32/h2-5,8-11,16-17H,12-15H2,1H3,(H,28,30)/p+1. The number of carbonyl (C=O) groups excluding carboxylic acids is 1. The molecule has 3 aliphatic heterocycles. The highest BCUT2D eigenvalue weighted by Gasteiger charge is 2.29. The number of aliphatic imine (C=N–C) groups is 1. The van der Waals surface area contributed by atoms with E-state index < -0.39 is 0 Å². The van der Waals surface area contributed by atoms with Gasteiger partial charge in [-0.1, -0.05) is 23.2 Å². The number of ether oxygens (including phenoxy) is 1. The molecule has 3 aromatic rings. The summed E-state index contributed by atoms with van der Waals surface area (Å²) in [7, 11) is 0. The number of amidine groups is 1. The van der Waals surface area contributed by atoms with E-state index in [-0.39, 0.29) is 5.91 Å². The van der Waals surface area contributed by atoms with Crippen molar-refractivity contribution >= 4 is 28.5 Å². The van der Waals surface area contributed by atoms with Gasteiger partial charge in [-0.15, -0.1) is 5.01 Å². The molecule has 1 fully saturated rings. The average Bonchev–Trinajstić information content (AvgIpc) is 3.54. The summed E-state index contributed by atoms with van der Waals surface area (Å²) in [6, 6.07) is 11.6. The third-order valence-electron chi connectivity index (χ3n) is 6.18. The number of fused-ring (bicyclic) bond motifs is 2. The molecule has 35 heavy (non-hydrogen) atoms. The van der Waals surface area contributed by atoms with Crippen molar-refractivity contribution in [2.24, 2.45) is 10.1 Å². The van der Waals surface area contributed by atoms with Crippen LogP contribution in [0.2, 0.25) is 0 Å². The topological polar surface area (TPSA) is 87.4 Å². The van der Waals surface area contributed by atoms with Crippen LogP contribution in [0.1, 0.15) is 27.2 Å². The summed E-state index contributed by atoms with van der Waals surface area (Å²) >= 11 is 0. The number of aromatic amines is 1. The van der Waals surface area contributed by atoms with Crippen LogP contribution in [0, 0.1) is 18.8 Å². The van der Waals surface area contributed by atoms with Crippen molar-refractivity contribution in [3.8, 4) is 11.8 Å². The lowest BCUT2D eigenvalue weighted by molar-refractivity contribution is -0.761. The Labute approximate surface area is 202 Å². The number of morpholine rings is 1. The number of hydrogen-bond acceptors (Lipinski definition) is 5. The number of hydrogen-bond donors (Lipinski definition) is 2. The second kappa shape index (κ2) is 8.80. The van der Waals surface area contributed by atoms with Crippen molar-refractivity contribution in [1.82, 2.24) is 14.9 Å². The van der Waals surface area contributed by atoms with Crippen molar-refractivity contribution in [3.05, 3.63) is 89.0 Å². The quantitative estimate of drug-likeness (QED) is 0.569. The number of nitrogens with one attached hydrogen (secondary N) is 2. The molecular formula is C27H23N6O2+. The Hall–Kier alpha value is -4.32. The van der Waals surface area contributed by atoms with Crippen molar-refractivity contribution in [3.63, 3.8) is 0 Å². The molecule has 3 aliphatic rings. The summed E-state index contributed by atoms with van der Waals surface area (Å²) in [5, 5.41) is 6.61. The third kappa shape index (κ3) is 4.08. The fourth-order valence-electron chi connectivity index (χ4n) is 4.34. The van der Waals surface area contributed by atoms with Gasteiger partial charge in [0.15, 0.2) is 0 Å². The molecule has 5 heterocycles. The van der Waals surface area contributed by atoms with Gasteiger partial charge in [0, 0.05) is 59.1 Å². The number of pyridine rings is 1. The maximum atomic E-state index is 12.7. The van der Waals surface area contributed by atoms with Crippen molar-refractivity contribution < 1.29 is 14.5 Å².